The summed E-state index contributed by atoms with van der Waals surface area (Å²) in [5, 5.41) is 7.89. The zero-order valence-electron chi connectivity index (χ0n) is 9.08. The van der Waals surface area contributed by atoms with Crippen LogP contribution in [0.2, 0.25) is 0 Å². The molecule has 2 rings (SSSR count). The standard InChI is InChI=1S/C11H19N3/c1-3-5-9-8-13-14(2)11(9)10-6-4-7-12-10/h8,10,12H,3-7H2,1-2H3. The van der Waals surface area contributed by atoms with Crippen LogP contribution in [0.3, 0.4) is 0 Å². The molecule has 0 aromatic carbocycles. The summed E-state index contributed by atoms with van der Waals surface area (Å²) in [5.41, 5.74) is 2.83. The van der Waals surface area contributed by atoms with Crippen LogP contribution in [0.1, 0.15) is 43.5 Å². The predicted molar refractivity (Wildman–Crippen MR) is 57.2 cm³/mol. The molecular formula is C11H19N3. The third kappa shape index (κ3) is 1.69. The molecule has 3 nitrogen and oxygen atoms in total. The fourth-order valence-electron chi connectivity index (χ4n) is 2.32. The average molecular weight is 193 g/mol. The summed E-state index contributed by atoms with van der Waals surface area (Å²) in [4.78, 5) is 0. The summed E-state index contributed by atoms with van der Waals surface area (Å²) in [5.74, 6) is 0. The fourth-order valence-corrected chi connectivity index (χ4v) is 2.32. The van der Waals surface area contributed by atoms with Gasteiger partial charge in [-0.15, -0.1) is 0 Å². The monoisotopic (exact) mass is 193 g/mol. The molecule has 0 radical (unpaired) electrons. The van der Waals surface area contributed by atoms with Crippen LogP contribution in [0.5, 0.6) is 0 Å². The highest BCUT2D eigenvalue weighted by Gasteiger charge is 2.22. The summed E-state index contributed by atoms with van der Waals surface area (Å²) >= 11 is 0. The molecular weight excluding hydrogens is 174 g/mol. The Morgan fingerprint density at radius 3 is 3.14 bits per heavy atom. The number of hydrogen-bond acceptors (Lipinski definition) is 2. The van der Waals surface area contributed by atoms with Crippen LogP contribution in [0, 0.1) is 0 Å². The molecule has 0 bridgehead atoms. The van der Waals surface area contributed by atoms with Crippen molar-refractivity contribution in [2.75, 3.05) is 6.54 Å². The van der Waals surface area contributed by atoms with Crippen LogP contribution in [0.4, 0.5) is 0 Å². The van der Waals surface area contributed by atoms with E-state index in [1.807, 2.05) is 10.9 Å². The molecule has 1 saturated heterocycles. The molecule has 3 heteroatoms. The van der Waals surface area contributed by atoms with E-state index in [0.29, 0.717) is 6.04 Å². The Hall–Kier alpha value is -0.830. The topological polar surface area (TPSA) is 29.9 Å². The Bertz CT molecular complexity index is 297. The summed E-state index contributed by atoms with van der Waals surface area (Å²) in [6.07, 6.45) is 6.93. The quantitative estimate of drug-likeness (QED) is 0.793. The molecule has 1 atom stereocenters. The Morgan fingerprint density at radius 1 is 1.64 bits per heavy atom. The lowest BCUT2D eigenvalue weighted by Gasteiger charge is -2.13. The number of hydrogen-bond donors (Lipinski definition) is 1. The van der Waals surface area contributed by atoms with Crippen molar-refractivity contribution in [1.82, 2.24) is 15.1 Å². The minimum Gasteiger partial charge on any atom is -0.309 e. The smallest absolute Gasteiger partial charge is 0.0582 e. The average Bonchev–Trinajstić information content (AvgIpc) is 2.76. The van der Waals surface area contributed by atoms with Crippen LogP contribution in [0.25, 0.3) is 0 Å². The molecule has 0 spiro atoms. The van der Waals surface area contributed by atoms with Gasteiger partial charge < -0.3 is 5.32 Å². The summed E-state index contributed by atoms with van der Waals surface area (Å²) in [6, 6.07) is 0.545. The molecule has 1 unspecified atom stereocenters. The van der Waals surface area contributed by atoms with E-state index in [9.17, 15) is 0 Å². The summed E-state index contributed by atoms with van der Waals surface area (Å²) < 4.78 is 2.04. The molecule has 1 aromatic heterocycles. The second kappa shape index (κ2) is 4.13. The lowest BCUT2D eigenvalue weighted by Crippen LogP contribution is -2.17. The van der Waals surface area contributed by atoms with Gasteiger partial charge in [0.1, 0.15) is 0 Å². The molecule has 0 saturated carbocycles. The highest BCUT2D eigenvalue weighted by Crippen LogP contribution is 2.26. The lowest BCUT2D eigenvalue weighted by molar-refractivity contribution is 0.568. The number of nitrogens with zero attached hydrogens (tertiary/aromatic N) is 2. The highest BCUT2D eigenvalue weighted by atomic mass is 15.3. The van der Waals surface area contributed by atoms with Crippen LogP contribution >= 0.6 is 0 Å². The first-order valence-corrected chi connectivity index (χ1v) is 5.57. The summed E-state index contributed by atoms with van der Waals surface area (Å²) in [6.45, 7) is 3.38. The van der Waals surface area contributed by atoms with E-state index >= 15 is 0 Å². The number of nitrogens with one attached hydrogen (secondary N) is 1. The maximum absolute atomic E-state index is 4.36. The van der Waals surface area contributed by atoms with Gasteiger partial charge in [0.05, 0.1) is 11.9 Å². The first-order valence-electron chi connectivity index (χ1n) is 5.57. The minimum atomic E-state index is 0.545. The van der Waals surface area contributed by atoms with Crippen molar-refractivity contribution < 1.29 is 0 Å². The van der Waals surface area contributed by atoms with E-state index in [1.54, 1.807) is 0 Å². The van der Waals surface area contributed by atoms with Crippen molar-refractivity contribution in [2.45, 2.75) is 38.6 Å². The van der Waals surface area contributed by atoms with Crippen molar-refractivity contribution in [3.8, 4) is 0 Å². The second-order valence-electron chi connectivity index (χ2n) is 4.08. The van der Waals surface area contributed by atoms with Crippen molar-refractivity contribution >= 4 is 0 Å². The Labute approximate surface area is 85.5 Å². The number of rotatable bonds is 3. The highest BCUT2D eigenvalue weighted by molar-refractivity contribution is 5.22. The number of aryl methyl sites for hydroxylation is 2. The maximum Gasteiger partial charge on any atom is 0.0582 e. The third-order valence-corrected chi connectivity index (χ3v) is 2.97. The SMILES string of the molecule is CCCc1cnn(C)c1C1CCCN1. The predicted octanol–water partition coefficient (Wildman–Crippen LogP) is 1.80. The lowest BCUT2D eigenvalue weighted by atomic mass is 10.0. The van der Waals surface area contributed by atoms with Gasteiger partial charge in [-0.3, -0.25) is 4.68 Å². The van der Waals surface area contributed by atoms with Gasteiger partial charge in [-0.05, 0) is 31.4 Å². The first-order chi connectivity index (χ1) is 6.83. The first kappa shape index (κ1) is 9.71. The van der Waals surface area contributed by atoms with Crippen LogP contribution in [0.15, 0.2) is 6.20 Å². The van der Waals surface area contributed by atoms with Gasteiger partial charge >= 0.3 is 0 Å². The van der Waals surface area contributed by atoms with Crippen LogP contribution in [-0.4, -0.2) is 16.3 Å². The fraction of sp³-hybridized carbons (Fsp3) is 0.727. The Morgan fingerprint density at radius 2 is 2.50 bits per heavy atom. The second-order valence-corrected chi connectivity index (χ2v) is 4.08. The molecule has 1 aliphatic heterocycles. The molecule has 0 aliphatic carbocycles. The summed E-state index contributed by atoms with van der Waals surface area (Å²) in [7, 11) is 2.05. The third-order valence-electron chi connectivity index (χ3n) is 2.97. The van der Waals surface area contributed by atoms with Crippen molar-refractivity contribution in [1.29, 1.82) is 0 Å². The van der Waals surface area contributed by atoms with Crippen molar-refractivity contribution in [2.24, 2.45) is 7.05 Å². The van der Waals surface area contributed by atoms with Crippen molar-refractivity contribution in [3.63, 3.8) is 0 Å². The van der Waals surface area contributed by atoms with E-state index in [1.165, 1.54) is 30.5 Å². The van der Waals surface area contributed by atoms with Crippen LogP contribution < -0.4 is 5.32 Å². The molecule has 2 heterocycles. The van der Waals surface area contributed by atoms with Gasteiger partial charge in [0.15, 0.2) is 0 Å². The van der Waals surface area contributed by atoms with E-state index < -0.39 is 0 Å². The normalized spacial score (nSPS) is 21.7. The molecule has 0 amide bonds. The van der Waals surface area contributed by atoms with Gasteiger partial charge in [0.2, 0.25) is 0 Å². The Kier molecular flexibility index (Phi) is 2.87. The number of aromatic nitrogens is 2. The Balaban J connectivity index is 2.24. The molecule has 1 aromatic rings. The minimum absolute atomic E-state index is 0.545. The zero-order valence-corrected chi connectivity index (χ0v) is 9.08. The van der Waals surface area contributed by atoms with Gasteiger partial charge in [-0.1, -0.05) is 13.3 Å². The molecule has 1 aliphatic rings. The van der Waals surface area contributed by atoms with E-state index in [0.717, 1.165) is 13.0 Å². The van der Waals surface area contributed by atoms with E-state index in [2.05, 4.69) is 24.4 Å². The van der Waals surface area contributed by atoms with Crippen molar-refractivity contribution in [3.05, 3.63) is 17.5 Å². The maximum atomic E-state index is 4.36. The van der Waals surface area contributed by atoms with Gasteiger partial charge in [-0.25, -0.2) is 0 Å². The van der Waals surface area contributed by atoms with E-state index in [4.69, 9.17) is 0 Å². The van der Waals surface area contributed by atoms with Gasteiger partial charge in [0.25, 0.3) is 0 Å². The van der Waals surface area contributed by atoms with E-state index in [-0.39, 0.29) is 0 Å². The molecule has 1 N–H and O–H groups in total. The largest absolute Gasteiger partial charge is 0.309 e. The zero-order chi connectivity index (χ0) is 9.97. The molecule has 14 heavy (non-hydrogen) atoms. The van der Waals surface area contributed by atoms with Crippen LogP contribution in [-0.2, 0) is 13.5 Å². The van der Waals surface area contributed by atoms with Gasteiger partial charge in [-0.2, -0.15) is 5.10 Å². The van der Waals surface area contributed by atoms with Gasteiger partial charge in [0, 0.05) is 13.1 Å². The molecule has 78 valence electrons. The molecule has 1 fully saturated rings.